The molecule has 0 bridgehead atoms. The second-order valence-corrected chi connectivity index (χ2v) is 9.38. The molecule has 0 atom stereocenters. The number of para-hydroxylation sites is 1. The Bertz CT molecular complexity index is 1420. The topological polar surface area (TPSA) is 59.1 Å². The summed E-state index contributed by atoms with van der Waals surface area (Å²) in [5.74, 6) is 0.724. The molecule has 5 rings (SSSR count). The number of rotatable bonds is 7. The second kappa shape index (κ2) is 10.6. The van der Waals surface area contributed by atoms with Crippen LogP contribution in [-0.4, -0.2) is 16.0 Å². The van der Waals surface area contributed by atoms with Crippen LogP contribution in [0.2, 0.25) is 0 Å². The van der Waals surface area contributed by atoms with Crippen molar-refractivity contribution in [1.29, 1.82) is 0 Å². The summed E-state index contributed by atoms with van der Waals surface area (Å²) in [4.78, 5) is 9.25. The number of nitrogens with one attached hydrogen (secondary N) is 2. The molecule has 0 aliphatic heterocycles. The monoisotopic (exact) mass is 546 g/mol. The number of fused-ring (bicyclic) bond motifs is 1. The number of halogens is 6. The van der Waals surface area contributed by atoms with E-state index in [9.17, 15) is 26.3 Å². The van der Waals surface area contributed by atoms with Crippen LogP contribution in [0.4, 0.5) is 38.1 Å². The number of aromatic nitrogens is 2. The van der Waals surface area contributed by atoms with Crippen LogP contribution in [-0.2, 0) is 18.9 Å². The lowest BCUT2D eigenvalue weighted by Gasteiger charge is -2.16. The minimum Gasteiger partial charge on any atom is -0.457 e. The first kappa shape index (κ1) is 26.6. The van der Waals surface area contributed by atoms with Crippen LogP contribution in [0.25, 0.3) is 10.9 Å². The first-order valence-electron chi connectivity index (χ1n) is 12.4. The van der Waals surface area contributed by atoms with Crippen molar-refractivity contribution in [2.75, 3.05) is 10.6 Å². The van der Waals surface area contributed by atoms with E-state index in [1.54, 1.807) is 12.1 Å². The fourth-order valence-corrected chi connectivity index (χ4v) is 4.51. The van der Waals surface area contributed by atoms with Crippen LogP contribution < -0.4 is 15.4 Å². The van der Waals surface area contributed by atoms with E-state index in [1.165, 1.54) is 25.0 Å². The van der Waals surface area contributed by atoms with Gasteiger partial charge in [-0.3, -0.25) is 0 Å². The third-order valence-corrected chi connectivity index (χ3v) is 6.47. The molecule has 5 nitrogen and oxygen atoms in total. The van der Waals surface area contributed by atoms with Gasteiger partial charge in [0.05, 0.1) is 16.6 Å². The van der Waals surface area contributed by atoms with Crippen molar-refractivity contribution in [2.45, 2.75) is 50.6 Å². The molecule has 1 aromatic heterocycles. The van der Waals surface area contributed by atoms with E-state index >= 15 is 0 Å². The highest BCUT2D eigenvalue weighted by Crippen LogP contribution is 2.39. The van der Waals surface area contributed by atoms with Crippen LogP contribution >= 0.6 is 0 Å². The van der Waals surface area contributed by atoms with Crippen molar-refractivity contribution in [3.8, 4) is 11.5 Å². The molecule has 1 heterocycles. The van der Waals surface area contributed by atoms with Gasteiger partial charge in [-0.25, -0.2) is 4.98 Å². The molecule has 204 valence electrons. The molecule has 0 radical (unpaired) electrons. The van der Waals surface area contributed by atoms with E-state index < -0.39 is 29.2 Å². The Kier molecular flexibility index (Phi) is 7.24. The summed E-state index contributed by atoms with van der Waals surface area (Å²) in [6, 6.07) is 15.5. The molecule has 0 spiro atoms. The maximum atomic E-state index is 13.1. The minimum absolute atomic E-state index is 0.0607. The van der Waals surface area contributed by atoms with Crippen LogP contribution in [0.15, 0.2) is 66.7 Å². The minimum atomic E-state index is -4.95. The van der Waals surface area contributed by atoms with Gasteiger partial charge in [-0.15, -0.1) is 0 Å². The zero-order valence-electron chi connectivity index (χ0n) is 20.5. The van der Waals surface area contributed by atoms with Crippen LogP contribution in [0, 0.1) is 0 Å². The largest absolute Gasteiger partial charge is 0.457 e. The zero-order valence-corrected chi connectivity index (χ0v) is 20.5. The molecular formula is C28H24F6N4O. The van der Waals surface area contributed by atoms with Gasteiger partial charge in [0.1, 0.15) is 17.3 Å². The van der Waals surface area contributed by atoms with Crippen molar-refractivity contribution in [1.82, 2.24) is 9.97 Å². The van der Waals surface area contributed by atoms with Gasteiger partial charge in [-0.05, 0) is 60.9 Å². The average molecular weight is 547 g/mol. The Labute approximate surface area is 220 Å². The summed E-state index contributed by atoms with van der Waals surface area (Å²) in [6.07, 6.45) is -5.36. The van der Waals surface area contributed by atoms with Crippen molar-refractivity contribution >= 4 is 22.7 Å². The average Bonchev–Trinajstić information content (AvgIpc) is 3.40. The molecule has 2 N–H and O–H groups in total. The summed E-state index contributed by atoms with van der Waals surface area (Å²) in [6.45, 7) is 0.337. The van der Waals surface area contributed by atoms with Gasteiger partial charge in [0.25, 0.3) is 0 Å². The van der Waals surface area contributed by atoms with E-state index in [4.69, 9.17) is 4.74 Å². The highest BCUT2D eigenvalue weighted by molar-refractivity contribution is 5.90. The Balaban J connectivity index is 1.29. The third kappa shape index (κ3) is 6.52. The van der Waals surface area contributed by atoms with E-state index in [0.29, 0.717) is 30.7 Å². The zero-order chi connectivity index (χ0) is 27.6. The molecule has 1 aliphatic carbocycles. The van der Waals surface area contributed by atoms with Gasteiger partial charge in [0, 0.05) is 18.0 Å². The molecule has 0 amide bonds. The lowest BCUT2D eigenvalue weighted by Crippen LogP contribution is -2.17. The quantitative estimate of drug-likeness (QED) is 0.228. The summed E-state index contributed by atoms with van der Waals surface area (Å²) >= 11 is 0. The number of benzene rings is 3. The van der Waals surface area contributed by atoms with Crippen molar-refractivity contribution < 1.29 is 31.1 Å². The molecular weight excluding hydrogens is 522 g/mol. The molecule has 1 saturated carbocycles. The van der Waals surface area contributed by atoms with Gasteiger partial charge in [0.15, 0.2) is 0 Å². The second-order valence-electron chi connectivity index (χ2n) is 9.38. The maximum absolute atomic E-state index is 13.1. The molecule has 3 aromatic carbocycles. The third-order valence-electron chi connectivity index (χ3n) is 6.47. The molecule has 1 fully saturated rings. The van der Waals surface area contributed by atoms with E-state index in [0.717, 1.165) is 35.1 Å². The van der Waals surface area contributed by atoms with Crippen molar-refractivity contribution in [2.24, 2.45) is 0 Å². The van der Waals surface area contributed by atoms with E-state index in [1.807, 2.05) is 24.3 Å². The Morgan fingerprint density at radius 2 is 1.41 bits per heavy atom. The fourth-order valence-electron chi connectivity index (χ4n) is 4.51. The van der Waals surface area contributed by atoms with Crippen molar-refractivity contribution in [3.63, 3.8) is 0 Å². The molecule has 1 aliphatic rings. The number of alkyl halides is 6. The smallest absolute Gasteiger partial charge is 0.416 e. The van der Waals surface area contributed by atoms with Gasteiger partial charge >= 0.3 is 12.4 Å². The number of nitrogens with zero attached hydrogens (tertiary/aromatic N) is 2. The van der Waals surface area contributed by atoms with E-state index in [-0.39, 0.29) is 11.8 Å². The first-order valence-corrected chi connectivity index (χ1v) is 12.4. The van der Waals surface area contributed by atoms with Gasteiger partial charge < -0.3 is 15.4 Å². The number of ether oxygens (including phenoxy) is 1. The Morgan fingerprint density at radius 1 is 0.769 bits per heavy atom. The molecule has 39 heavy (non-hydrogen) atoms. The first-order chi connectivity index (χ1) is 18.5. The number of anilines is 2. The summed E-state index contributed by atoms with van der Waals surface area (Å²) in [5.41, 5.74) is -1.31. The number of hydrogen-bond donors (Lipinski definition) is 2. The Hall–Kier alpha value is -4.02. The maximum Gasteiger partial charge on any atom is 0.416 e. The molecule has 0 saturated heterocycles. The Morgan fingerprint density at radius 3 is 2.05 bits per heavy atom. The predicted molar refractivity (Wildman–Crippen MR) is 136 cm³/mol. The summed E-state index contributed by atoms with van der Waals surface area (Å²) in [7, 11) is 0. The summed E-state index contributed by atoms with van der Waals surface area (Å²) in [5, 5.41) is 7.64. The SMILES string of the molecule is FC(F)(F)c1cc(Oc2ccc(CNc3nc(NC4CCCC4)c4ccccc4n3)cc2)cc(C(F)(F)F)c1. The molecule has 4 aromatic rings. The number of hydrogen-bond acceptors (Lipinski definition) is 5. The standard InChI is InChI=1S/C28H24F6N4O/c29-27(30,31)18-13-19(28(32,33)34)15-22(14-18)39-21-11-9-17(10-12-21)16-35-26-37-24-8-4-3-7-23(24)25(38-26)36-20-5-1-2-6-20/h3-4,7-15,20H,1-2,5-6,16H2,(H2,35,36,37,38). The van der Waals surface area contributed by atoms with Gasteiger partial charge in [-0.2, -0.15) is 31.3 Å². The highest BCUT2D eigenvalue weighted by atomic mass is 19.4. The van der Waals surface area contributed by atoms with Gasteiger partial charge in [-0.1, -0.05) is 37.1 Å². The van der Waals surface area contributed by atoms with Gasteiger partial charge in [0.2, 0.25) is 5.95 Å². The fraction of sp³-hybridized carbons (Fsp3) is 0.286. The highest BCUT2D eigenvalue weighted by Gasteiger charge is 2.37. The van der Waals surface area contributed by atoms with E-state index in [2.05, 4.69) is 20.6 Å². The van der Waals surface area contributed by atoms with Crippen LogP contribution in [0.1, 0.15) is 42.4 Å². The lowest BCUT2D eigenvalue weighted by atomic mass is 10.1. The van der Waals surface area contributed by atoms with Crippen LogP contribution in [0.5, 0.6) is 11.5 Å². The predicted octanol–water partition coefficient (Wildman–Crippen LogP) is 8.43. The van der Waals surface area contributed by atoms with Crippen LogP contribution in [0.3, 0.4) is 0 Å². The molecule has 11 heteroatoms. The molecule has 0 unspecified atom stereocenters. The lowest BCUT2D eigenvalue weighted by molar-refractivity contribution is -0.143. The van der Waals surface area contributed by atoms with Crippen molar-refractivity contribution in [3.05, 3.63) is 83.4 Å². The summed E-state index contributed by atoms with van der Waals surface area (Å²) < 4.78 is 84.1. The normalized spacial score (nSPS) is 14.5.